The number of pyridine rings is 1. The first-order valence-corrected chi connectivity index (χ1v) is 15.3. The molecular formula is C35H36ClN5O2. The van der Waals surface area contributed by atoms with Crippen molar-refractivity contribution < 1.29 is 4.79 Å². The van der Waals surface area contributed by atoms with Gasteiger partial charge in [0, 0.05) is 30.7 Å². The van der Waals surface area contributed by atoms with Gasteiger partial charge in [-0.25, -0.2) is 14.3 Å². The fourth-order valence-corrected chi connectivity index (χ4v) is 6.68. The molecule has 2 aliphatic rings. The molecule has 4 aromatic rings. The number of hydrogen-bond acceptors (Lipinski definition) is 5. The maximum atomic E-state index is 14.3. The molecule has 1 amide bonds. The number of allylic oxidation sites excluding steroid dienone is 2. The first kappa shape index (κ1) is 28.9. The van der Waals surface area contributed by atoms with Gasteiger partial charge >= 0.3 is 5.69 Å². The molecule has 2 atom stereocenters. The number of carbonyl (C=O) groups excluding carboxylic acids is 1. The van der Waals surface area contributed by atoms with E-state index in [4.69, 9.17) is 21.6 Å². The van der Waals surface area contributed by atoms with E-state index in [-0.39, 0.29) is 23.9 Å². The summed E-state index contributed by atoms with van der Waals surface area (Å²) in [5.74, 6) is 0.594. The number of nitrogens with zero attached hydrogens (tertiary/aromatic N) is 5. The molecule has 220 valence electrons. The molecule has 4 heterocycles. The molecule has 1 fully saturated rings. The first-order valence-electron chi connectivity index (χ1n) is 14.9. The third kappa shape index (κ3) is 5.06. The summed E-state index contributed by atoms with van der Waals surface area (Å²) in [7, 11) is 0. The quantitative estimate of drug-likeness (QED) is 0.201. The summed E-state index contributed by atoms with van der Waals surface area (Å²) < 4.78 is 1.69. The summed E-state index contributed by atoms with van der Waals surface area (Å²) in [5, 5.41) is 1.19. The van der Waals surface area contributed by atoms with Crippen molar-refractivity contribution in [3.8, 4) is 16.9 Å². The van der Waals surface area contributed by atoms with Crippen LogP contribution >= 0.6 is 11.6 Å². The highest BCUT2D eigenvalue weighted by Crippen LogP contribution is 2.37. The Morgan fingerprint density at radius 2 is 1.72 bits per heavy atom. The number of aromatic nitrogens is 3. The second-order valence-electron chi connectivity index (χ2n) is 11.8. The number of piperazine rings is 1. The number of para-hydroxylation sites is 1. The SMILES string of the molecule is C=CC(=O)N1C[C@H](C)N(c2nc(=O)n3c4nc(c(Cl)cc24)-c2ccccc2C/C=C\Cc2cccc(C(C)C)c2-3)C[C@H]1C. The minimum Gasteiger partial charge on any atom is -0.349 e. The van der Waals surface area contributed by atoms with Gasteiger partial charge in [-0.2, -0.15) is 4.98 Å². The standard InChI is InChI=1S/C35H36ClN5O2/c1-6-30(42)39-19-23(5)40(20-22(39)4)33-28-18-29(36)31-27-16-10-9-13-24(27)12-7-8-14-25-15-11-17-26(21(2)3)32(25)41(34(28)37-31)35(43)38-33/h6-11,13,15-18,21-23H,1,12,14,19-20H2,2-5H3/b8-7-/t22-,23+/m1/s1. The Kier molecular flexibility index (Phi) is 7.69. The van der Waals surface area contributed by atoms with E-state index < -0.39 is 5.69 Å². The van der Waals surface area contributed by atoms with Crippen LogP contribution in [-0.4, -0.2) is 50.5 Å². The van der Waals surface area contributed by atoms with Crippen LogP contribution in [0.1, 0.15) is 50.3 Å². The summed E-state index contributed by atoms with van der Waals surface area (Å²) >= 11 is 7.06. The van der Waals surface area contributed by atoms with E-state index >= 15 is 0 Å². The number of amides is 1. The lowest BCUT2D eigenvalue weighted by Crippen LogP contribution is -2.58. The van der Waals surface area contributed by atoms with Crippen LogP contribution in [0.4, 0.5) is 5.82 Å². The predicted octanol–water partition coefficient (Wildman–Crippen LogP) is 6.49. The zero-order valence-corrected chi connectivity index (χ0v) is 25.8. The Hall–Kier alpha value is -4.23. The van der Waals surface area contributed by atoms with Crippen molar-refractivity contribution in [2.24, 2.45) is 0 Å². The highest BCUT2D eigenvalue weighted by atomic mass is 35.5. The highest BCUT2D eigenvalue weighted by molar-refractivity contribution is 6.34. The maximum Gasteiger partial charge on any atom is 0.355 e. The lowest BCUT2D eigenvalue weighted by molar-refractivity contribution is -0.128. The van der Waals surface area contributed by atoms with Gasteiger partial charge in [0.05, 0.1) is 21.8 Å². The van der Waals surface area contributed by atoms with Crippen molar-refractivity contribution in [3.63, 3.8) is 0 Å². The Labute approximate surface area is 257 Å². The van der Waals surface area contributed by atoms with Gasteiger partial charge in [0.15, 0.2) is 5.65 Å². The Morgan fingerprint density at radius 1 is 1.00 bits per heavy atom. The van der Waals surface area contributed by atoms with Crippen molar-refractivity contribution >= 4 is 34.4 Å². The number of rotatable bonds is 3. The Morgan fingerprint density at radius 3 is 2.47 bits per heavy atom. The lowest BCUT2D eigenvalue weighted by Gasteiger charge is -2.44. The summed E-state index contributed by atoms with van der Waals surface area (Å²) in [6.45, 7) is 13.0. The number of benzene rings is 2. The molecular weight excluding hydrogens is 558 g/mol. The van der Waals surface area contributed by atoms with Gasteiger partial charge in [0.1, 0.15) is 5.82 Å². The van der Waals surface area contributed by atoms with E-state index in [0.717, 1.165) is 34.4 Å². The van der Waals surface area contributed by atoms with Crippen molar-refractivity contribution in [2.75, 3.05) is 18.0 Å². The molecule has 1 saturated heterocycles. The van der Waals surface area contributed by atoms with Gasteiger partial charge in [0.25, 0.3) is 0 Å². The average Bonchev–Trinajstić information content (AvgIpc) is 2.99. The van der Waals surface area contributed by atoms with Gasteiger partial charge in [-0.1, -0.05) is 86.6 Å². The van der Waals surface area contributed by atoms with Crippen molar-refractivity contribution in [2.45, 2.75) is 58.5 Å². The summed E-state index contributed by atoms with van der Waals surface area (Å²) in [6, 6.07) is 16.1. The molecule has 0 spiro atoms. The highest BCUT2D eigenvalue weighted by Gasteiger charge is 2.34. The second kappa shape index (κ2) is 11.5. The molecule has 0 radical (unpaired) electrons. The van der Waals surface area contributed by atoms with E-state index in [2.05, 4.69) is 61.7 Å². The van der Waals surface area contributed by atoms with E-state index in [1.807, 2.05) is 43.0 Å². The van der Waals surface area contributed by atoms with Gasteiger partial charge < -0.3 is 9.80 Å². The van der Waals surface area contributed by atoms with Crippen LogP contribution in [0.2, 0.25) is 5.02 Å². The van der Waals surface area contributed by atoms with Crippen molar-refractivity contribution in [1.82, 2.24) is 19.4 Å². The molecule has 0 saturated carbocycles. The van der Waals surface area contributed by atoms with Crippen molar-refractivity contribution in [1.29, 1.82) is 0 Å². The smallest absolute Gasteiger partial charge is 0.349 e. The third-order valence-corrected chi connectivity index (χ3v) is 8.92. The fraction of sp³-hybridized carbons (Fsp3) is 0.314. The Bertz CT molecular complexity index is 1840. The molecule has 43 heavy (non-hydrogen) atoms. The molecule has 6 rings (SSSR count). The molecule has 0 unspecified atom stereocenters. The number of halogens is 1. The third-order valence-electron chi connectivity index (χ3n) is 8.63. The molecule has 8 heteroatoms. The van der Waals surface area contributed by atoms with Crippen LogP contribution < -0.4 is 10.6 Å². The topological polar surface area (TPSA) is 71.3 Å². The summed E-state index contributed by atoms with van der Waals surface area (Å²) in [4.78, 5) is 40.7. The number of anilines is 1. The largest absolute Gasteiger partial charge is 0.355 e. The molecule has 2 aromatic heterocycles. The van der Waals surface area contributed by atoms with Gasteiger partial charge in [0.2, 0.25) is 5.91 Å². The maximum absolute atomic E-state index is 14.3. The minimum atomic E-state index is -0.392. The van der Waals surface area contributed by atoms with Crippen LogP contribution in [0.25, 0.3) is 28.0 Å². The molecule has 2 aromatic carbocycles. The first-order chi connectivity index (χ1) is 20.7. The second-order valence-corrected chi connectivity index (χ2v) is 12.2. The Balaban J connectivity index is 1.68. The summed E-state index contributed by atoms with van der Waals surface area (Å²) in [6.07, 6.45) is 7.10. The predicted molar refractivity (Wildman–Crippen MR) is 174 cm³/mol. The summed E-state index contributed by atoms with van der Waals surface area (Å²) in [5.41, 5.74) is 5.73. The lowest BCUT2D eigenvalue weighted by atomic mass is 9.95. The molecule has 2 aliphatic heterocycles. The van der Waals surface area contributed by atoms with Crippen LogP contribution in [0, 0.1) is 0 Å². The number of hydrogen-bond donors (Lipinski definition) is 0. The van der Waals surface area contributed by atoms with Gasteiger partial charge in [-0.3, -0.25) is 4.79 Å². The minimum absolute atomic E-state index is 0.0977. The number of fused-ring (bicyclic) bond motifs is 5. The van der Waals surface area contributed by atoms with Crippen molar-refractivity contribution in [3.05, 3.63) is 106 Å². The molecule has 0 N–H and O–H groups in total. The monoisotopic (exact) mass is 593 g/mol. The fourth-order valence-electron chi connectivity index (χ4n) is 6.43. The van der Waals surface area contributed by atoms with Crippen LogP contribution in [0.5, 0.6) is 0 Å². The van der Waals surface area contributed by atoms with Crippen LogP contribution in [0.15, 0.2) is 78.1 Å². The van der Waals surface area contributed by atoms with E-state index in [1.54, 1.807) is 4.57 Å². The zero-order chi connectivity index (χ0) is 30.4. The van der Waals surface area contributed by atoms with E-state index in [9.17, 15) is 9.59 Å². The number of carbonyl (C=O) groups is 1. The van der Waals surface area contributed by atoms with Crippen LogP contribution in [0.3, 0.4) is 0 Å². The normalized spacial score (nSPS) is 19.0. The molecule has 7 nitrogen and oxygen atoms in total. The van der Waals surface area contributed by atoms with Gasteiger partial charge in [-0.05, 0) is 61.4 Å². The zero-order valence-electron chi connectivity index (χ0n) is 25.0. The molecule has 0 aliphatic carbocycles. The van der Waals surface area contributed by atoms with Crippen LogP contribution in [-0.2, 0) is 17.6 Å². The molecule has 2 bridgehead atoms. The van der Waals surface area contributed by atoms with Gasteiger partial charge in [-0.15, -0.1) is 0 Å². The van der Waals surface area contributed by atoms with E-state index in [0.29, 0.717) is 47.1 Å². The average molecular weight is 594 g/mol. The van der Waals surface area contributed by atoms with E-state index in [1.165, 1.54) is 6.08 Å².